The maximum atomic E-state index is 12.8. The number of rotatable bonds is 6. The number of hydrogen-bond donors (Lipinski definition) is 3. The van der Waals surface area contributed by atoms with Crippen molar-refractivity contribution in [3.05, 3.63) is 23.8 Å². The summed E-state index contributed by atoms with van der Waals surface area (Å²) in [6.07, 6.45) is -4.54. The Morgan fingerprint density at radius 1 is 1.40 bits per heavy atom. The molecule has 0 aliphatic heterocycles. The van der Waals surface area contributed by atoms with Crippen LogP contribution in [0.4, 0.5) is 24.5 Å². The summed E-state index contributed by atoms with van der Waals surface area (Å²) in [4.78, 5) is 11.4. The first-order valence-corrected chi connectivity index (χ1v) is 5.81. The predicted octanol–water partition coefficient (Wildman–Crippen LogP) is 1.46. The smallest absolute Gasteiger partial charge is 0.399 e. The van der Waals surface area contributed by atoms with Crippen LogP contribution in [-0.2, 0) is 15.7 Å². The Bertz CT molecular complexity index is 464. The Morgan fingerprint density at radius 2 is 2.10 bits per heavy atom. The molecule has 20 heavy (non-hydrogen) atoms. The fourth-order valence-corrected chi connectivity index (χ4v) is 1.48. The Morgan fingerprint density at radius 3 is 2.70 bits per heavy atom. The summed E-state index contributed by atoms with van der Waals surface area (Å²) < 4.78 is 43.1. The van der Waals surface area contributed by atoms with Crippen molar-refractivity contribution in [1.29, 1.82) is 0 Å². The molecule has 1 amide bonds. The first-order chi connectivity index (χ1) is 9.34. The van der Waals surface area contributed by atoms with E-state index >= 15 is 0 Å². The van der Waals surface area contributed by atoms with E-state index in [0.29, 0.717) is 13.2 Å². The zero-order valence-electron chi connectivity index (χ0n) is 10.9. The summed E-state index contributed by atoms with van der Waals surface area (Å²) >= 11 is 0. The third kappa shape index (κ3) is 4.96. The van der Waals surface area contributed by atoms with Gasteiger partial charge in [0.05, 0.1) is 18.7 Å². The van der Waals surface area contributed by atoms with Gasteiger partial charge >= 0.3 is 6.18 Å². The highest BCUT2D eigenvalue weighted by Crippen LogP contribution is 2.35. The number of anilines is 2. The van der Waals surface area contributed by atoms with Crippen LogP contribution in [0.1, 0.15) is 5.56 Å². The second kappa shape index (κ2) is 6.99. The predicted molar refractivity (Wildman–Crippen MR) is 69.2 cm³/mol. The van der Waals surface area contributed by atoms with Gasteiger partial charge in [0.1, 0.15) is 0 Å². The van der Waals surface area contributed by atoms with Crippen LogP contribution in [0.25, 0.3) is 0 Å². The molecule has 0 aromatic heterocycles. The summed E-state index contributed by atoms with van der Waals surface area (Å²) in [6.45, 7) is 0.364. The Labute approximate surface area is 114 Å². The molecule has 0 unspecified atom stereocenters. The van der Waals surface area contributed by atoms with Gasteiger partial charge in [-0.15, -0.1) is 0 Å². The summed E-state index contributed by atoms with van der Waals surface area (Å²) in [5.41, 5.74) is 4.26. The number of nitrogens with one attached hydrogen (secondary N) is 2. The SMILES string of the molecule is COCCNC(=O)CNc1ccc(N)cc1C(F)(F)F. The molecule has 0 heterocycles. The van der Waals surface area contributed by atoms with Crippen molar-refractivity contribution in [2.24, 2.45) is 0 Å². The maximum Gasteiger partial charge on any atom is 0.418 e. The molecule has 0 saturated carbocycles. The fourth-order valence-electron chi connectivity index (χ4n) is 1.48. The Kier molecular flexibility index (Phi) is 5.63. The topological polar surface area (TPSA) is 76.4 Å². The van der Waals surface area contributed by atoms with Gasteiger partial charge in [0.2, 0.25) is 5.91 Å². The molecule has 0 fully saturated rings. The van der Waals surface area contributed by atoms with Crippen molar-refractivity contribution in [3.63, 3.8) is 0 Å². The van der Waals surface area contributed by atoms with Crippen LogP contribution in [0.2, 0.25) is 0 Å². The van der Waals surface area contributed by atoms with E-state index in [-0.39, 0.29) is 17.9 Å². The molecule has 0 bridgehead atoms. The van der Waals surface area contributed by atoms with Gasteiger partial charge in [0, 0.05) is 25.0 Å². The first-order valence-electron chi connectivity index (χ1n) is 5.81. The molecular formula is C12H16F3N3O2. The van der Waals surface area contributed by atoms with Crippen LogP contribution in [0.5, 0.6) is 0 Å². The molecule has 0 atom stereocenters. The number of alkyl halides is 3. The maximum absolute atomic E-state index is 12.8. The second-order valence-corrected chi connectivity index (χ2v) is 4.00. The number of amides is 1. The van der Waals surface area contributed by atoms with E-state index in [1.54, 1.807) is 0 Å². The third-order valence-corrected chi connectivity index (χ3v) is 2.42. The normalized spacial score (nSPS) is 11.2. The average molecular weight is 291 g/mol. The van der Waals surface area contributed by atoms with Gasteiger partial charge in [-0.3, -0.25) is 4.79 Å². The van der Waals surface area contributed by atoms with Crippen LogP contribution < -0.4 is 16.4 Å². The van der Waals surface area contributed by atoms with E-state index in [1.807, 2.05) is 0 Å². The number of halogens is 3. The number of nitrogen functional groups attached to an aromatic ring is 1. The van der Waals surface area contributed by atoms with Gasteiger partial charge < -0.3 is 21.1 Å². The molecule has 5 nitrogen and oxygen atoms in total. The molecule has 0 aliphatic carbocycles. The minimum atomic E-state index is -4.54. The molecule has 8 heteroatoms. The second-order valence-electron chi connectivity index (χ2n) is 4.00. The number of hydrogen-bond acceptors (Lipinski definition) is 4. The molecule has 0 radical (unpaired) electrons. The standard InChI is InChI=1S/C12H16F3N3O2/c1-20-5-4-17-11(19)7-18-10-3-2-8(16)6-9(10)12(13,14)15/h2-3,6,18H,4-5,7,16H2,1H3,(H,17,19). The molecule has 4 N–H and O–H groups in total. The van der Waals surface area contributed by atoms with Gasteiger partial charge in [0.15, 0.2) is 0 Å². The zero-order chi connectivity index (χ0) is 15.2. The van der Waals surface area contributed by atoms with Crippen molar-refractivity contribution >= 4 is 17.3 Å². The van der Waals surface area contributed by atoms with Gasteiger partial charge in [-0.1, -0.05) is 0 Å². The number of methoxy groups -OCH3 is 1. The van der Waals surface area contributed by atoms with Gasteiger partial charge in [0.25, 0.3) is 0 Å². The van der Waals surface area contributed by atoms with Crippen molar-refractivity contribution in [3.8, 4) is 0 Å². The van der Waals surface area contributed by atoms with E-state index in [0.717, 1.165) is 6.07 Å². The van der Waals surface area contributed by atoms with Crippen LogP contribution >= 0.6 is 0 Å². The van der Waals surface area contributed by atoms with E-state index in [1.165, 1.54) is 19.2 Å². The summed E-state index contributed by atoms with van der Waals surface area (Å²) in [7, 11) is 1.48. The van der Waals surface area contributed by atoms with E-state index in [4.69, 9.17) is 10.5 Å². The molecule has 0 aliphatic rings. The van der Waals surface area contributed by atoms with Crippen LogP contribution in [0.15, 0.2) is 18.2 Å². The van der Waals surface area contributed by atoms with Crippen molar-refractivity contribution in [2.45, 2.75) is 6.18 Å². The van der Waals surface area contributed by atoms with Crippen molar-refractivity contribution in [1.82, 2.24) is 5.32 Å². The third-order valence-electron chi connectivity index (χ3n) is 2.42. The van der Waals surface area contributed by atoms with E-state index in [9.17, 15) is 18.0 Å². The van der Waals surface area contributed by atoms with Crippen LogP contribution in [0, 0.1) is 0 Å². The monoisotopic (exact) mass is 291 g/mol. The molecular weight excluding hydrogens is 275 g/mol. The highest BCUT2D eigenvalue weighted by atomic mass is 19.4. The molecule has 1 rings (SSSR count). The lowest BCUT2D eigenvalue weighted by Gasteiger charge is -2.15. The lowest BCUT2D eigenvalue weighted by molar-refractivity contribution is -0.137. The minimum Gasteiger partial charge on any atom is -0.399 e. The van der Waals surface area contributed by atoms with E-state index < -0.39 is 17.6 Å². The molecule has 112 valence electrons. The largest absolute Gasteiger partial charge is 0.418 e. The van der Waals surface area contributed by atoms with Gasteiger partial charge in [-0.05, 0) is 18.2 Å². The first kappa shape index (κ1) is 16.1. The summed E-state index contributed by atoms with van der Waals surface area (Å²) in [5.74, 6) is -0.424. The van der Waals surface area contributed by atoms with Crippen LogP contribution in [0.3, 0.4) is 0 Å². The van der Waals surface area contributed by atoms with Crippen molar-refractivity contribution in [2.75, 3.05) is 37.9 Å². The van der Waals surface area contributed by atoms with Crippen LogP contribution in [-0.4, -0.2) is 32.7 Å². The summed E-state index contributed by atoms with van der Waals surface area (Å²) in [6, 6.07) is 3.35. The highest BCUT2D eigenvalue weighted by Gasteiger charge is 2.33. The molecule has 1 aromatic rings. The number of ether oxygens (including phenoxy) is 1. The van der Waals surface area contributed by atoms with Gasteiger partial charge in [-0.2, -0.15) is 13.2 Å². The number of benzene rings is 1. The lowest BCUT2D eigenvalue weighted by Crippen LogP contribution is -2.32. The summed E-state index contributed by atoms with van der Waals surface area (Å²) in [5, 5.41) is 4.94. The quantitative estimate of drug-likeness (QED) is 0.548. The molecule has 0 saturated heterocycles. The molecule has 0 spiro atoms. The number of carbonyl (C=O) groups excluding carboxylic acids is 1. The average Bonchev–Trinajstić information content (AvgIpc) is 2.36. The Balaban J connectivity index is 2.66. The zero-order valence-corrected chi connectivity index (χ0v) is 10.9. The highest BCUT2D eigenvalue weighted by molar-refractivity contribution is 5.81. The fraction of sp³-hybridized carbons (Fsp3) is 0.417. The van der Waals surface area contributed by atoms with Crippen molar-refractivity contribution < 1.29 is 22.7 Å². The number of carbonyl (C=O) groups is 1. The Hall–Kier alpha value is -1.96. The van der Waals surface area contributed by atoms with Gasteiger partial charge in [-0.25, -0.2) is 0 Å². The molecule has 1 aromatic carbocycles. The lowest BCUT2D eigenvalue weighted by atomic mass is 10.1. The van der Waals surface area contributed by atoms with E-state index in [2.05, 4.69) is 10.6 Å². The minimum absolute atomic E-state index is 0.00687. The number of nitrogens with two attached hydrogens (primary N) is 1.